The summed E-state index contributed by atoms with van der Waals surface area (Å²) < 4.78 is 13.0. The van der Waals surface area contributed by atoms with Gasteiger partial charge in [0.2, 0.25) is 0 Å². The third-order valence-electron chi connectivity index (χ3n) is 1.42. The highest BCUT2D eigenvalue weighted by molar-refractivity contribution is 6.48. The number of rotatable bonds is 1. The van der Waals surface area contributed by atoms with Crippen LogP contribution in [0.1, 0.15) is 11.1 Å². The fraction of sp³-hybridized carbons (Fsp3) is 0.111. The third-order valence-corrected chi connectivity index (χ3v) is 1.62. The average molecular weight is 171 g/mol. The van der Waals surface area contributed by atoms with Crippen LogP contribution in [0.15, 0.2) is 24.8 Å². The first-order valence-corrected chi connectivity index (χ1v) is 3.60. The lowest BCUT2D eigenvalue weighted by molar-refractivity contribution is 0.623. The van der Waals surface area contributed by atoms with E-state index >= 15 is 0 Å². The highest BCUT2D eigenvalue weighted by Crippen LogP contribution is 2.20. The summed E-state index contributed by atoms with van der Waals surface area (Å²) in [4.78, 5) is 0. The highest BCUT2D eigenvalue weighted by Gasteiger charge is 2.02. The lowest BCUT2D eigenvalue weighted by Gasteiger charge is -1.99. The van der Waals surface area contributed by atoms with Crippen LogP contribution in [0.5, 0.6) is 0 Å². The van der Waals surface area contributed by atoms with Gasteiger partial charge in [-0.1, -0.05) is 30.3 Å². The Labute approximate surface area is 70.3 Å². The van der Waals surface area contributed by atoms with Crippen molar-refractivity contribution in [1.82, 2.24) is 0 Å². The molecule has 1 rings (SSSR count). The highest BCUT2D eigenvalue weighted by atomic mass is 35.5. The van der Waals surface area contributed by atoms with E-state index in [1.165, 1.54) is 6.07 Å². The standard InChI is InChI=1S/C9H8ClF/c1-6-3-4-8(7(2)10)9(11)5-6/h3-5H,2H2,1H3. The Hall–Kier alpha value is -0.820. The summed E-state index contributed by atoms with van der Waals surface area (Å²) in [6.07, 6.45) is 0. The molecule has 0 saturated carbocycles. The molecule has 0 N–H and O–H groups in total. The van der Waals surface area contributed by atoms with E-state index in [4.69, 9.17) is 11.6 Å². The van der Waals surface area contributed by atoms with Gasteiger partial charge in [0.1, 0.15) is 5.82 Å². The first-order valence-electron chi connectivity index (χ1n) is 3.22. The molecule has 58 valence electrons. The van der Waals surface area contributed by atoms with Gasteiger partial charge in [-0.15, -0.1) is 0 Å². The molecule has 0 unspecified atom stereocenters. The van der Waals surface area contributed by atoms with Crippen LogP contribution in [0.25, 0.3) is 5.03 Å². The molecule has 0 bridgehead atoms. The second kappa shape index (κ2) is 3.05. The van der Waals surface area contributed by atoms with Crippen molar-refractivity contribution in [2.45, 2.75) is 6.92 Å². The predicted molar refractivity (Wildman–Crippen MR) is 46.0 cm³/mol. The summed E-state index contributed by atoms with van der Waals surface area (Å²) in [5.74, 6) is -0.315. The fourth-order valence-corrected chi connectivity index (χ4v) is 0.993. The van der Waals surface area contributed by atoms with Crippen LogP contribution in [0.2, 0.25) is 0 Å². The molecule has 0 radical (unpaired) electrons. The van der Waals surface area contributed by atoms with E-state index in [0.29, 0.717) is 5.56 Å². The van der Waals surface area contributed by atoms with Gasteiger partial charge in [-0.2, -0.15) is 0 Å². The van der Waals surface area contributed by atoms with E-state index < -0.39 is 0 Å². The molecule has 0 saturated heterocycles. The Balaban J connectivity index is 3.20. The third kappa shape index (κ3) is 1.81. The van der Waals surface area contributed by atoms with Crippen LogP contribution in [-0.2, 0) is 0 Å². The van der Waals surface area contributed by atoms with Gasteiger partial charge in [-0.3, -0.25) is 0 Å². The summed E-state index contributed by atoms with van der Waals surface area (Å²) in [6.45, 7) is 5.26. The number of halogens is 2. The first kappa shape index (κ1) is 8.28. The molecular formula is C9H8ClF. The van der Waals surface area contributed by atoms with Gasteiger partial charge < -0.3 is 0 Å². The summed E-state index contributed by atoms with van der Waals surface area (Å²) >= 11 is 5.53. The van der Waals surface area contributed by atoms with E-state index in [-0.39, 0.29) is 10.8 Å². The molecule has 2 heteroatoms. The van der Waals surface area contributed by atoms with E-state index in [2.05, 4.69) is 6.58 Å². The summed E-state index contributed by atoms with van der Waals surface area (Å²) in [7, 11) is 0. The molecular weight excluding hydrogens is 163 g/mol. The SMILES string of the molecule is C=C(Cl)c1ccc(C)cc1F. The molecule has 0 aromatic heterocycles. The van der Waals surface area contributed by atoms with Crippen molar-refractivity contribution >= 4 is 16.6 Å². The summed E-state index contributed by atoms with van der Waals surface area (Å²) in [6, 6.07) is 4.86. The summed E-state index contributed by atoms with van der Waals surface area (Å²) in [5, 5.41) is 0.238. The van der Waals surface area contributed by atoms with Gasteiger partial charge in [-0.25, -0.2) is 4.39 Å². The topological polar surface area (TPSA) is 0 Å². The maximum absolute atomic E-state index is 13.0. The normalized spacial score (nSPS) is 9.73. The minimum absolute atomic E-state index is 0.238. The van der Waals surface area contributed by atoms with E-state index in [9.17, 15) is 4.39 Å². The van der Waals surface area contributed by atoms with Crippen LogP contribution in [-0.4, -0.2) is 0 Å². The molecule has 0 spiro atoms. The molecule has 0 heterocycles. The zero-order valence-electron chi connectivity index (χ0n) is 6.20. The van der Waals surface area contributed by atoms with Crippen LogP contribution in [0.3, 0.4) is 0 Å². The number of aryl methyl sites for hydroxylation is 1. The van der Waals surface area contributed by atoms with Crippen molar-refractivity contribution in [2.24, 2.45) is 0 Å². The maximum Gasteiger partial charge on any atom is 0.132 e. The largest absolute Gasteiger partial charge is 0.206 e. The number of hydrogen-bond acceptors (Lipinski definition) is 0. The monoisotopic (exact) mass is 170 g/mol. The molecule has 0 aliphatic carbocycles. The van der Waals surface area contributed by atoms with Crippen LogP contribution >= 0.6 is 11.6 Å². The fourth-order valence-electron chi connectivity index (χ4n) is 0.840. The summed E-state index contributed by atoms with van der Waals surface area (Å²) in [5.41, 5.74) is 1.25. The average Bonchev–Trinajstić information content (AvgIpc) is 1.85. The van der Waals surface area contributed by atoms with E-state index in [1.54, 1.807) is 12.1 Å². The Morgan fingerprint density at radius 1 is 1.55 bits per heavy atom. The molecule has 1 aromatic carbocycles. The van der Waals surface area contributed by atoms with Gasteiger partial charge in [0.05, 0.1) is 0 Å². The van der Waals surface area contributed by atoms with Crippen LogP contribution in [0, 0.1) is 12.7 Å². The zero-order chi connectivity index (χ0) is 8.43. The minimum Gasteiger partial charge on any atom is -0.206 e. The predicted octanol–water partition coefficient (Wildman–Crippen LogP) is 3.34. The quantitative estimate of drug-likeness (QED) is 0.607. The Kier molecular flexibility index (Phi) is 2.30. The van der Waals surface area contributed by atoms with Crippen molar-refractivity contribution in [1.29, 1.82) is 0 Å². The molecule has 0 nitrogen and oxygen atoms in total. The second-order valence-electron chi connectivity index (χ2n) is 2.39. The Morgan fingerprint density at radius 2 is 2.18 bits per heavy atom. The van der Waals surface area contributed by atoms with Gasteiger partial charge in [0.25, 0.3) is 0 Å². The minimum atomic E-state index is -0.315. The van der Waals surface area contributed by atoms with Gasteiger partial charge in [0, 0.05) is 10.6 Å². The van der Waals surface area contributed by atoms with E-state index in [0.717, 1.165) is 5.56 Å². The molecule has 0 aliphatic heterocycles. The van der Waals surface area contributed by atoms with Crippen molar-refractivity contribution in [2.75, 3.05) is 0 Å². The van der Waals surface area contributed by atoms with Crippen molar-refractivity contribution in [3.05, 3.63) is 41.7 Å². The van der Waals surface area contributed by atoms with Crippen molar-refractivity contribution < 1.29 is 4.39 Å². The van der Waals surface area contributed by atoms with Crippen molar-refractivity contribution in [3.8, 4) is 0 Å². The molecule has 0 aliphatic rings. The Bertz CT molecular complexity index is 292. The van der Waals surface area contributed by atoms with Gasteiger partial charge >= 0.3 is 0 Å². The van der Waals surface area contributed by atoms with Crippen molar-refractivity contribution in [3.63, 3.8) is 0 Å². The Morgan fingerprint density at radius 3 is 2.64 bits per heavy atom. The van der Waals surface area contributed by atoms with Crippen LogP contribution in [0.4, 0.5) is 4.39 Å². The first-order chi connectivity index (χ1) is 5.11. The molecule has 1 aromatic rings. The van der Waals surface area contributed by atoms with Gasteiger partial charge in [-0.05, 0) is 18.6 Å². The molecule has 0 amide bonds. The van der Waals surface area contributed by atoms with Gasteiger partial charge in [0.15, 0.2) is 0 Å². The molecule has 0 fully saturated rings. The van der Waals surface area contributed by atoms with Crippen LogP contribution < -0.4 is 0 Å². The smallest absolute Gasteiger partial charge is 0.132 e. The lowest BCUT2D eigenvalue weighted by Crippen LogP contribution is -1.84. The number of hydrogen-bond donors (Lipinski definition) is 0. The van der Waals surface area contributed by atoms with E-state index in [1.807, 2.05) is 6.92 Å². The molecule has 0 atom stereocenters. The maximum atomic E-state index is 13.0. The second-order valence-corrected chi connectivity index (χ2v) is 2.84. The zero-order valence-corrected chi connectivity index (χ0v) is 6.95. The number of benzene rings is 1. The molecule has 11 heavy (non-hydrogen) atoms. The lowest BCUT2D eigenvalue weighted by atomic mass is 10.1.